The lowest BCUT2D eigenvalue weighted by atomic mass is 10.2. The number of hydrogen-bond acceptors (Lipinski definition) is 3. The minimum Gasteiger partial charge on any atom is -0.348 e. The summed E-state index contributed by atoms with van der Waals surface area (Å²) in [6, 6.07) is 4.79. The van der Waals surface area contributed by atoms with Crippen LogP contribution in [0.15, 0.2) is 24.3 Å². The molecule has 1 saturated heterocycles. The Morgan fingerprint density at radius 2 is 1.94 bits per heavy atom. The zero-order valence-corrected chi connectivity index (χ0v) is 9.84. The van der Waals surface area contributed by atoms with Gasteiger partial charge in [0.2, 0.25) is 0 Å². The number of halogens is 1. The first-order chi connectivity index (χ1) is 7.96. The number of carbonyl (C=O) groups excluding carboxylic acids is 1. The summed E-state index contributed by atoms with van der Waals surface area (Å²) in [4.78, 5) is 11.7. The van der Waals surface area contributed by atoms with Gasteiger partial charge in [-0.15, -0.1) is 0 Å². The molecule has 1 fully saturated rings. The molecule has 0 aromatic heterocycles. The van der Waals surface area contributed by atoms with Gasteiger partial charge < -0.3 is 5.32 Å². The molecule has 1 atom stereocenters. The molecule has 1 heterocycles. The molecule has 1 aliphatic heterocycles. The van der Waals surface area contributed by atoms with Crippen LogP contribution in [0, 0.1) is 5.82 Å². The molecule has 1 aromatic rings. The molecule has 17 heavy (non-hydrogen) atoms. The molecule has 1 aliphatic rings. The largest absolute Gasteiger partial charge is 0.348 e. The van der Waals surface area contributed by atoms with Crippen molar-refractivity contribution in [2.75, 3.05) is 11.5 Å². The van der Waals surface area contributed by atoms with E-state index < -0.39 is 15.7 Å². The Labute approximate surface area is 98.8 Å². The fourth-order valence-corrected chi connectivity index (χ4v) is 3.45. The Morgan fingerprint density at radius 3 is 2.47 bits per heavy atom. The smallest absolute Gasteiger partial charge is 0.251 e. The fourth-order valence-electron chi connectivity index (χ4n) is 1.78. The van der Waals surface area contributed by atoms with Crippen molar-refractivity contribution >= 4 is 15.7 Å². The number of nitrogens with one attached hydrogen (secondary N) is 1. The maximum absolute atomic E-state index is 12.6. The van der Waals surface area contributed by atoms with Gasteiger partial charge in [-0.2, -0.15) is 0 Å². The van der Waals surface area contributed by atoms with Crippen LogP contribution in [0.3, 0.4) is 0 Å². The highest BCUT2D eigenvalue weighted by atomic mass is 32.2. The summed E-state index contributed by atoms with van der Waals surface area (Å²) in [5.74, 6) is -0.682. The second-order valence-electron chi connectivity index (χ2n) is 4.08. The minimum absolute atomic E-state index is 0.0140. The molecule has 0 radical (unpaired) electrons. The first-order valence-corrected chi connectivity index (χ1v) is 7.05. The molecule has 6 heteroatoms. The molecule has 1 amide bonds. The van der Waals surface area contributed by atoms with Gasteiger partial charge in [0.1, 0.15) is 5.82 Å². The van der Waals surface area contributed by atoms with E-state index >= 15 is 0 Å². The van der Waals surface area contributed by atoms with Crippen LogP contribution < -0.4 is 5.32 Å². The number of benzene rings is 1. The predicted molar refractivity (Wildman–Crippen MR) is 60.9 cm³/mol. The summed E-state index contributed by atoms with van der Waals surface area (Å²) in [5, 5.41) is 2.63. The third-order valence-electron chi connectivity index (χ3n) is 2.67. The lowest BCUT2D eigenvalue weighted by molar-refractivity contribution is 0.0941. The Morgan fingerprint density at radius 1 is 1.29 bits per heavy atom. The Bertz CT molecular complexity index is 524. The van der Waals surface area contributed by atoms with Crippen LogP contribution in [-0.4, -0.2) is 31.9 Å². The van der Waals surface area contributed by atoms with Crippen molar-refractivity contribution in [2.45, 2.75) is 12.5 Å². The molecular weight excluding hydrogens is 245 g/mol. The number of hydrogen-bond donors (Lipinski definition) is 1. The molecule has 0 spiro atoms. The van der Waals surface area contributed by atoms with Crippen LogP contribution in [-0.2, 0) is 9.84 Å². The van der Waals surface area contributed by atoms with Gasteiger partial charge in [0.05, 0.1) is 11.5 Å². The average Bonchev–Trinajstić information content (AvgIpc) is 2.59. The van der Waals surface area contributed by atoms with Crippen LogP contribution in [0.1, 0.15) is 16.8 Å². The highest BCUT2D eigenvalue weighted by Gasteiger charge is 2.29. The van der Waals surface area contributed by atoms with Crippen LogP contribution in [0.25, 0.3) is 0 Å². The van der Waals surface area contributed by atoms with Gasteiger partial charge >= 0.3 is 0 Å². The topological polar surface area (TPSA) is 63.2 Å². The molecule has 1 aromatic carbocycles. The standard InChI is InChI=1S/C11H12FNO3S/c12-9-3-1-8(2-4-9)11(14)13-10-5-6-17(15,16)7-10/h1-4,10H,5-7H2,(H,13,14)/t10-/m1/s1. The molecule has 92 valence electrons. The monoisotopic (exact) mass is 257 g/mol. The Balaban J connectivity index is 2.01. The third-order valence-corrected chi connectivity index (χ3v) is 4.44. The zero-order chi connectivity index (χ0) is 12.5. The summed E-state index contributed by atoms with van der Waals surface area (Å²) in [7, 11) is -3.00. The summed E-state index contributed by atoms with van der Waals surface area (Å²) in [6.45, 7) is 0. The van der Waals surface area contributed by atoms with E-state index in [9.17, 15) is 17.6 Å². The second-order valence-corrected chi connectivity index (χ2v) is 6.31. The van der Waals surface area contributed by atoms with Crippen LogP contribution >= 0.6 is 0 Å². The van der Waals surface area contributed by atoms with Gasteiger partial charge in [-0.1, -0.05) is 0 Å². The number of carbonyl (C=O) groups is 1. The SMILES string of the molecule is O=C(N[C@@H]1CCS(=O)(=O)C1)c1ccc(F)cc1. The summed E-state index contributed by atoms with van der Waals surface area (Å²) >= 11 is 0. The van der Waals surface area contributed by atoms with Crippen molar-refractivity contribution in [1.82, 2.24) is 5.32 Å². The number of sulfone groups is 1. The van der Waals surface area contributed by atoms with Crippen molar-refractivity contribution in [1.29, 1.82) is 0 Å². The molecule has 0 saturated carbocycles. The Hall–Kier alpha value is -1.43. The van der Waals surface area contributed by atoms with E-state index in [1.54, 1.807) is 0 Å². The van der Waals surface area contributed by atoms with Gasteiger partial charge in [-0.3, -0.25) is 4.79 Å². The molecule has 4 nitrogen and oxygen atoms in total. The van der Waals surface area contributed by atoms with Crippen molar-refractivity contribution in [3.63, 3.8) is 0 Å². The van der Waals surface area contributed by atoms with Gasteiger partial charge in [-0.05, 0) is 30.7 Å². The van der Waals surface area contributed by atoms with E-state index in [2.05, 4.69) is 5.32 Å². The molecule has 0 bridgehead atoms. The lowest BCUT2D eigenvalue weighted by Crippen LogP contribution is -2.35. The van der Waals surface area contributed by atoms with Crippen LogP contribution in [0.5, 0.6) is 0 Å². The molecule has 2 rings (SSSR count). The van der Waals surface area contributed by atoms with Crippen molar-refractivity contribution < 1.29 is 17.6 Å². The van der Waals surface area contributed by atoms with Gasteiger partial charge in [-0.25, -0.2) is 12.8 Å². The average molecular weight is 257 g/mol. The highest BCUT2D eigenvalue weighted by molar-refractivity contribution is 7.91. The van der Waals surface area contributed by atoms with Gasteiger partial charge in [0.15, 0.2) is 9.84 Å². The summed E-state index contributed by atoms with van der Waals surface area (Å²) < 4.78 is 35.1. The predicted octanol–water partition coefficient (Wildman–Crippen LogP) is 0.743. The highest BCUT2D eigenvalue weighted by Crippen LogP contribution is 2.12. The molecule has 0 aliphatic carbocycles. The fraction of sp³-hybridized carbons (Fsp3) is 0.364. The number of amides is 1. The van der Waals surface area contributed by atoms with Crippen LogP contribution in [0.2, 0.25) is 0 Å². The Kier molecular flexibility index (Phi) is 3.15. The van der Waals surface area contributed by atoms with Gasteiger partial charge in [0, 0.05) is 11.6 Å². The van der Waals surface area contributed by atoms with Crippen molar-refractivity contribution in [3.05, 3.63) is 35.6 Å². The van der Waals surface area contributed by atoms with E-state index in [-0.39, 0.29) is 23.5 Å². The summed E-state index contributed by atoms with van der Waals surface area (Å²) in [6.07, 6.45) is 0.440. The first-order valence-electron chi connectivity index (χ1n) is 5.23. The lowest BCUT2D eigenvalue weighted by Gasteiger charge is -2.10. The van der Waals surface area contributed by atoms with Crippen LogP contribution in [0.4, 0.5) is 4.39 Å². The zero-order valence-electron chi connectivity index (χ0n) is 9.02. The number of rotatable bonds is 2. The van der Waals surface area contributed by atoms with Crippen molar-refractivity contribution in [2.24, 2.45) is 0 Å². The minimum atomic E-state index is -3.00. The van der Waals surface area contributed by atoms with Gasteiger partial charge in [0.25, 0.3) is 5.91 Å². The normalized spacial score (nSPS) is 22.3. The summed E-state index contributed by atoms with van der Waals surface area (Å²) in [5.41, 5.74) is 0.329. The maximum atomic E-state index is 12.6. The molecular formula is C11H12FNO3S. The van der Waals surface area contributed by atoms with E-state index in [4.69, 9.17) is 0 Å². The second kappa shape index (κ2) is 4.44. The van der Waals surface area contributed by atoms with E-state index in [1.807, 2.05) is 0 Å². The van der Waals surface area contributed by atoms with E-state index in [0.717, 1.165) is 0 Å². The molecule has 0 unspecified atom stereocenters. The van der Waals surface area contributed by atoms with E-state index in [1.165, 1.54) is 24.3 Å². The maximum Gasteiger partial charge on any atom is 0.251 e. The van der Waals surface area contributed by atoms with Crippen molar-refractivity contribution in [3.8, 4) is 0 Å². The quantitative estimate of drug-likeness (QED) is 0.850. The first kappa shape index (κ1) is 12.0. The third kappa shape index (κ3) is 3.03. The van der Waals surface area contributed by atoms with E-state index in [0.29, 0.717) is 12.0 Å². The molecule has 1 N–H and O–H groups in total.